The number of hydrogen-bond acceptors (Lipinski definition) is 2. The van der Waals surface area contributed by atoms with Gasteiger partial charge in [-0.2, -0.15) is 0 Å². The van der Waals surface area contributed by atoms with Crippen LogP contribution in [0.5, 0.6) is 0 Å². The van der Waals surface area contributed by atoms with Crippen molar-refractivity contribution in [3.63, 3.8) is 0 Å². The molecule has 4 heteroatoms. The highest BCUT2D eigenvalue weighted by molar-refractivity contribution is 6.42. The van der Waals surface area contributed by atoms with Gasteiger partial charge in [0.2, 0.25) is 0 Å². The van der Waals surface area contributed by atoms with E-state index in [1.165, 1.54) is 6.42 Å². The summed E-state index contributed by atoms with van der Waals surface area (Å²) in [6, 6.07) is 5.77. The van der Waals surface area contributed by atoms with Crippen LogP contribution >= 0.6 is 23.2 Å². The number of benzene rings is 1. The lowest BCUT2D eigenvalue weighted by Gasteiger charge is -2.17. The lowest BCUT2D eigenvalue weighted by molar-refractivity contribution is 0.249. The van der Waals surface area contributed by atoms with Crippen molar-refractivity contribution in [3.8, 4) is 0 Å². The molecule has 1 unspecified atom stereocenters. The zero-order chi connectivity index (χ0) is 12.3. The molecule has 1 aromatic rings. The lowest BCUT2D eigenvalue weighted by Crippen LogP contribution is -2.20. The number of hydrogen-bond donors (Lipinski definition) is 1. The summed E-state index contributed by atoms with van der Waals surface area (Å²) in [5, 5.41) is 10.2. The smallest absolute Gasteiger partial charge is 0.0637 e. The molecule has 0 radical (unpaired) electrons. The number of halogens is 2. The van der Waals surface area contributed by atoms with Gasteiger partial charge in [-0.25, -0.2) is 0 Å². The van der Waals surface area contributed by atoms with Crippen molar-refractivity contribution in [1.82, 2.24) is 4.90 Å². The van der Waals surface area contributed by atoms with Gasteiger partial charge in [-0.15, -0.1) is 0 Å². The lowest BCUT2D eigenvalue weighted by atomic mass is 10.1. The first-order chi connectivity index (χ1) is 8.20. The minimum Gasteiger partial charge on any atom is -0.396 e. The Morgan fingerprint density at radius 3 is 2.94 bits per heavy atom. The molecule has 0 bridgehead atoms. The highest BCUT2D eigenvalue weighted by Crippen LogP contribution is 2.28. The van der Waals surface area contributed by atoms with E-state index in [0.717, 1.165) is 31.6 Å². The molecule has 1 aliphatic rings. The van der Waals surface area contributed by atoms with Gasteiger partial charge < -0.3 is 5.11 Å². The predicted octanol–water partition coefficient (Wildman–Crippen LogP) is 3.20. The van der Waals surface area contributed by atoms with E-state index < -0.39 is 0 Å². The normalized spacial score (nSPS) is 21.0. The second kappa shape index (κ2) is 6.05. The molecule has 1 aromatic carbocycles. The third-order valence-electron chi connectivity index (χ3n) is 3.33. The van der Waals surface area contributed by atoms with E-state index >= 15 is 0 Å². The molecular formula is C13H17Cl2NO. The first-order valence-electron chi connectivity index (χ1n) is 5.97. The summed E-state index contributed by atoms with van der Waals surface area (Å²) in [6.45, 7) is 3.26. The summed E-state index contributed by atoms with van der Waals surface area (Å²) in [5.41, 5.74) is 1.09. The highest BCUT2D eigenvalue weighted by Gasteiger charge is 2.22. The van der Waals surface area contributed by atoms with Crippen molar-refractivity contribution in [2.24, 2.45) is 5.92 Å². The van der Waals surface area contributed by atoms with Crippen molar-refractivity contribution < 1.29 is 5.11 Å². The minimum atomic E-state index is 0.288. The molecule has 0 spiro atoms. The Kier molecular flexibility index (Phi) is 4.69. The molecule has 0 aromatic heterocycles. The number of likely N-dealkylation sites (tertiary alicyclic amines) is 1. The molecule has 1 aliphatic heterocycles. The fourth-order valence-electron chi connectivity index (χ4n) is 2.39. The quantitative estimate of drug-likeness (QED) is 0.911. The van der Waals surface area contributed by atoms with Crippen molar-refractivity contribution in [2.45, 2.75) is 19.4 Å². The van der Waals surface area contributed by atoms with E-state index in [4.69, 9.17) is 28.3 Å². The standard InChI is InChI=1S/C13H17Cl2NO/c14-12-3-1-2-11(13(12)15)9-16-6-4-10(8-16)5-7-17/h1-3,10,17H,4-9H2. The number of aliphatic hydroxyl groups is 1. The first-order valence-corrected chi connectivity index (χ1v) is 6.72. The summed E-state index contributed by atoms with van der Waals surface area (Å²) < 4.78 is 0. The van der Waals surface area contributed by atoms with E-state index in [2.05, 4.69) is 4.90 Å². The zero-order valence-electron chi connectivity index (χ0n) is 9.70. The molecule has 2 nitrogen and oxygen atoms in total. The second-order valence-corrected chi connectivity index (χ2v) is 5.40. The van der Waals surface area contributed by atoms with E-state index in [1.54, 1.807) is 0 Å². The molecule has 17 heavy (non-hydrogen) atoms. The molecule has 94 valence electrons. The third-order valence-corrected chi connectivity index (χ3v) is 4.19. The van der Waals surface area contributed by atoms with Crippen LogP contribution in [-0.4, -0.2) is 29.7 Å². The Balaban J connectivity index is 1.96. The highest BCUT2D eigenvalue weighted by atomic mass is 35.5. The van der Waals surface area contributed by atoms with Gasteiger partial charge in [-0.05, 0) is 36.9 Å². The summed E-state index contributed by atoms with van der Waals surface area (Å²) in [5.74, 6) is 0.623. The second-order valence-electron chi connectivity index (χ2n) is 4.62. The Morgan fingerprint density at radius 2 is 2.18 bits per heavy atom. The van der Waals surface area contributed by atoms with Crippen LogP contribution in [0.25, 0.3) is 0 Å². The van der Waals surface area contributed by atoms with Gasteiger partial charge in [0.15, 0.2) is 0 Å². The van der Waals surface area contributed by atoms with Crippen molar-refractivity contribution in [3.05, 3.63) is 33.8 Å². The Labute approximate surface area is 112 Å². The molecule has 2 rings (SSSR count). The SMILES string of the molecule is OCCC1CCN(Cc2cccc(Cl)c2Cl)C1. The van der Waals surface area contributed by atoms with E-state index in [0.29, 0.717) is 16.0 Å². The minimum absolute atomic E-state index is 0.288. The van der Waals surface area contributed by atoms with E-state index in [-0.39, 0.29) is 6.61 Å². The molecule has 0 amide bonds. The van der Waals surface area contributed by atoms with E-state index in [1.807, 2.05) is 18.2 Å². The van der Waals surface area contributed by atoms with Crippen LogP contribution in [0.4, 0.5) is 0 Å². The monoisotopic (exact) mass is 273 g/mol. The average molecular weight is 274 g/mol. The maximum Gasteiger partial charge on any atom is 0.0637 e. The van der Waals surface area contributed by atoms with Gasteiger partial charge >= 0.3 is 0 Å². The summed E-state index contributed by atoms with van der Waals surface area (Å²) in [6.07, 6.45) is 2.07. The zero-order valence-corrected chi connectivity index (χ0v) is 11.2. The van der Waals surface area contributed by atoms with Gasteiger partial charge in [0.25, 0.3) is 0 Å². The molecule has 1 N–H and O–H groups in total. The molecule has 0 saturated carbocycles. The molecule has 1 fully saturated rings. The van der Waals surface area contributed by atoms with Gasteiger partial charge in [-0.1, -0.05) is 35.3 Å². The van der Waals surface area contributed by atoms with Gasteiger partial charge in [0.1, 0.15) is 0 Å². The Hall–Kier alpha value is -0.280. The first kappa shape index (κ1) is 13.2. The van der Waals surface area contributed by atoms with Crippen LogP contribution in [0.3, 0.4) is 0 Å². The maximum absolute atomic E-state index is 8.93. The van der Waals surface area contributed by atoms with E-state index in [9.17, 15) is 0 Å². The van der Waals surface area contributed by atoms with Crippen LogP contribution in [0.15, 0.2) is 18.2 Å². The Bertz CT molecular complexity index is 384. The van der Waals surface area contributed by atoms with Crippen LogP contribution < -0.4 is 0 Å². The molecule has 1 heterocycles. The summed E-state index contributed by atoms with van der Waals surface area (Å²) in [7, 11) is 0. The predicted molar refractivity (Wildman–Crippen MR) is 71.5 cm³/mol. The fourth-order valence-corrected chi connectivity index (χ4v) is 2.77. The Morgan fingerprint density at radius 1 is 1.35 bits per heavy atom. The number of aliphatic hydroxyl groups excluding tert-OH is 1. The van der Waals surface area contributed by atoms with Crippen molar-refractivity contribution in [2.75, 3.05) is 19.7 Å². The topological polar surface area (TPSA) is 23.5 Å². The van der Waals surface area contributed by atoms with Gasteiger partial charge in [0.05, 0.1) is 10.0 Å². The van der Waals surface area contributed by atoms with Crippen LogP contribution in [0.2, 0.25) is 10.0 Å². The average Bonchev–Trinajstić information content (AvgIpc) is 2.73. The van der Waals surface area contributed by atoms with Crippen LogP contribution in [0, 0.1) is 5.92 Å². The van der Waals surface area contributed by atoms with Gasteiger partial charge in [0, 0.05) is 19.7 Å². The maximum atomic E-state index is 8.93. The fraction of sp³-hybridized carbons (Fsp3) is 0.538. The number of rotatable bonds is 4. The molecular weight excluding hydrogens is 257 g/mol. The van der Waals surface area contributed by atoms with Crippen LogP contribution in [-0.2, 0) is 6.54 Å². The largest absolute Gasteiger partial charge is 0.396 e. The van der Waals surface area contributed by atoms with Crippen LogP contribution in [0.1, 0.15) is 18.4 Å². The number of nitrogens with zero attached hydrogens (tertiary/aromatic N) is 1. The summed E-state index contributed by atoms with van der Waals surface area (Å²) >= 11 is 12.2. The van der Waals surface area contributed by atoms with Gasteiger partial charge in [-0.3, -0.25) is 4.90 Å². The van der Waals surface area contributed by atoms with Crippen molar-refractivity contribution >= 4 is 23.2 Å². The molecule has 1 saturated heterocycles. The molecule has 0 aliphatic carbocycles. The third kappa shape index (κ3) is 3.35. The van der Waals surface area contributed by atoms with Crippen molar-refractivity contribution in [1.29, 1.82) is 0 Å². The summed E-state index contributed by atoms with van der Waals surface area (Å²) in [4.78, 5) is 2.37. The molecule has 1 atom stereocenters.